The van der Waals surface area contributed by atoms with Crippen molar-refractivity contribution in [2.45, 2.75) is 13.8 Å². The van der Waals surface area contributed by atoms with Crippen molar-refractivity contribution in [3.05, 3.63) is 34.6 Å². The number of halogens is 1. The third kappa shape index (κ3) is 1.79. The number of carbonyl (C=O) groups excluding carboxylic acids is 1. The molecule has 74 valence electrons. The first-order chi connectivity index (χ1) is 6.43. The van der Waals surface area contributed by atoms with Gasteiger partial charge in [0.15, 0.2) is 5.78 Å². The standard InChI is InChI=1S/C10H9FO3/c1-5-8(10(13)14)3-7(6(2)12)4-9(5)11/h3-4H,1-2H3,(H,13,14). The van der Waals surface area contributed by atoms with E-state index in [2.05, 4.69) is 0 Å². The number of hydrogen-bond acceptors (Lipinski definition) is 2. The van der Waals surface area contributed by atoms with Gasteiger partial charge in [-0.15, -0.1) is 0 Å². The van der Waals surface area contributed by atoms with Crippen LogP contribution in [0.3, 0.4) is 0 Å². The lowest BCUT2D eigenvalue weighted by atomic mass is 10.0. The monoisotopic (exact) mass is 196 g/mol. The second-order valence-corrected chi connectivity index (χ2v) is 2.99. The zero-order chi connectivity index (χ0) is 10.9. The van der Waals surface area contributed by atoms with Crippen LogP contribution in [0.5, 0.6) is 0 Å². The number of carboxylic acid groups (broad SMARTS) is 1. The Kier molecular flexibility index (Phi) is 2.65. The lowest BCUT2D eigenvalue weighted by Gasteiger charge is -2.04. The molecule has 0 radical (unpaired) electrons. The van der Waals surface area contributed by atoms with Crippen molar-refractivity contribution in [1.29, 1.82) is 0 Å². The normalized spacial score (nSPS) is 9.93. The maximum absolute atomic E-state index is 13.1. The zero-order valence-corrected chi connectivity index (χ0v) is 7.80. The van der Waals surface area contributed by atoms with Crippen molar-refractivity contribution >= 4 is 11.8 Å². The lowest BCUT2D eigenvalue weighted by Crippen LogP contribution is -2.05. The van der Waals surface area contributed by atoms with Crippen LogP contribution in [0.4, 0.5) is 4.39 Å². The summed E-state index contributed by atoms with van der Waals surface area (Å²) in [6.45, 7) is 2.62. The fraction of sp³-hybridized carbons (Fsp3) is 0.200. The van der Waals surface area contributed by atoms with Gasteiger partial charge in [-0.1, -0.05) is 0 Å². The average molecular weight is 196 g/mol. The molecule has 0 bridgehead atoms. The fourth-order valence-corrected chi connectivity index (χ4v) is 1.10. The van der Waals surface area contributed by atoms with Crippen molar-refractivity contribution in [1.82, 2.24) is 0 Å². The number of carbonyl (C=O) groups is 2. The highest BCUT2D eigenvalue weighted by Crippen LogP contribution is 2.16. The largest absolute Gasteiger partial charge is 0.478 e. The summed E-state index contributed by atoms with van der Waals surface area (Å²) in [6.07, 6.45) is 0. The molecule has 0 aliphatic rings. The molecule has 3 nitrogen and oxygen atoms in total. The Balaban J connectivity index is 3.43. The van der Waals surface area contributed by atoms with Crippen molar-refractivity contribution in [2.24, 2.45) is 0 Å². The molecule has 0 aromatic heterocycles. The van der Waals surface area contributed by atoms with Crippen LogP contribution in [0.1, 0.15) is 33.2 Å². The molecule has 0 amide bonds. The summed E-state index contributed by atoms with van der Waals surface area (Å²) < 4.78 is 13.1. The highest BCUT2D eigenvalue weighted by Gasteiger charge is 2.14. The quantitative estimate of drug-likeness (QED) is 0.736. The summed E-state index contributed by atoms with van der Waals surface area (Å²) in [5, 5.41) is 8.72. The van der Waals surface area contributed by atoms with E-state index >= 15 is 0 Å². The van der Waals surface area contributed by atoms with Gasteiger partial charge in [-0.05, 0) is 31.5 Å². The van der Waals surface area contributed by atoms with Gasteiger partial charge in [0.2, 0.25) is 0 Å². The summed E-state index contributed by atoms with van der Waals surface area (Å²) in [5.74, 6) is -2.26. The molecular formula is C10H9FO3. The predicted octanol–water partition coefficient (Wildman–Crippen LogP) is 2.03. The SMILES string of the molecule is CC(=O)c1cc(F)c(C)c(C(=O)O)c1. The molecule has 0 heterocycles. The molecule has 0 unspecified atom stereocenters. The third-order valence-electron chi connectivity index (χ3n) is 1.98. The molecule has 1 rings (SSSR count). The van der Waals surface area contributed by atoms with Gasteiger partial charge in [-0.3, -0.25) is 4.79 Å². The highest BCUT2D eigenvalue weighted by molar-refractivity contribution is 5.98. The van der Waals surface area contributed by atoms with Gasteiger partial charge in [-0.2, -0.15) is 0 Å². The average Bonchev–Trinajstić information content (AvgIpc) is 2.08. The molecule has 0 aliphatic heterocycles. The van der Waals surface area contributed by atoms with Crippen LogP contribution in [-0.4, -0.2) is 16.9 Å². The van der Waals surface area contributed by atoms with Crippen molar-refractivity contribution in [2.75, 3.05) is 0 Å². The first-order valence-corrected chi connectivity index (χ1v) is 3.98. The summed E-state index contributed by atoms with van der Waals surface area (Å²) in [4.78, 5) is 21.6. The van der Waals surface area contributed by atoms with E-state index in [1.807, 2.05) is 0 Å². The third-order valence-corrected chi connectivity index (χ3v) is 1.98. The van der Waals surface area contributed by atoms with E-state index < -0.39 is 11.8 Å². The van der Waals surface area contributed by atoms with E-state index in [-0.39, 0.29) is 22.5 Å². The van der Waals surface area contributed by atoms with Gasteiger partial charge < -0.3 is 5.11 Å². The van der Waals surface area contributed by atoms with Crippen LogP contribution in [0.25, 0.3) is 0 Å². The molecular weight excluding hydrogens is 187 g/mol. The van der Waals surface area contributed by atoms with E-state index in [0.29, 0.717) is 0 Å². The lowest BCUT2D eigenvalue weighted by molar-refractivity contribution is 0.0695. The van der Waals surface area contributed by atoms with Crippen molar-refractivity contribution in [3.8, 4) is 0 Å². The van der Waals surface area contributed by atoms with Gasteiger partial charge in [0.1, 0.15) is 5.82 Å². The maximum atomic E-state index is 13.1. The molecule has 1 N–H and O–H groups in total. The summed E-state index contributed by atoms with van der Waals surface area (Å²) >= 11 is 0. The Labute approximate surface area is 80.2 Å². The van der Waals surface area contributed by atoms with Crippen molar-refractivity contribution in [3.63, 3.8) is 0 Å². The second kappa shape index (κ2) is 3.57. The molecule has 0 atom stereocenters. The second-order valence-electron chi connectivity index (χ2n) is 2.99. The highest BCUT2D eigenvalue weighted by atomic mass is 19.1. The Bertz CT molecular complexity index is 410. The fourth-order valence-electron chi connectivity index (χ4n) is 1.10. The smallest absolute Gasteiger partial charge is 0.336 e. The Morgan fingerprint density at radius 2 is 1.93 bits per heavy atom. The molecule has 0 spiro atoms. The van der Waals surface area contributed by atoms with Gasteiger partial charge >= 0.3 is 5.97 Å². The van der Waals surface area contributed by atoms with Gasteiger partial charge in [0.25, 0.3) is 0 Å². The molecule has 4 heteroatoms. The minimum absolute atomic E-state index is 0.0440. The van der Waals surface area contributed by atoms with Crippen molar-refractivity contribution < 1.29 is 19.1 Å². The Morgan fingerprint density at radius 1 is 1.36 bits per heavy atom. The number of ketones is 1. The number of benzene rings is 1. The minimum atomic E-state index is -1.23. The van der Waals surface area contributed by atoms with E-state index in [1.165, 1.54) is 19.9 Å². The topological polar surface area (TPSA) is 54.4 Å². The molecule has 0 saturated heterocycles. The zero-order valence-electron chi connectivity index (χ0n) is 7.80. The maximum Gasteiger partial charge on any atom is 0.336 e. The van der Waals surface area contributed by atoms with E-state index in [0.717, 1.165) is 6.07 Å². The van der Waals surface area contributed by atoms with E-state index in [1.54, 1.807) is 0 Å². The number of hydrogen-bond donors (Lipinski definition) is 1. The van der Waals surface area contributed by atoms with Gasteiger partial charge in [-0.25, -0.2) is 9.18 Å². The van der Waals surface area contributed by atoms with Crippen LogP contribution in [-0.2, 0) is 0 Å². The van der Waals surface area contributed by atoms with E-state index in [4.69, 9.17) is 5.11 Å². The van der Waals surface area contributed by atoms with Gasteiger partial charge in [0, 0.05) is 5.56 Å². The first-order valence-electron chi connectivity index (χ1n) is 3.98. The number of aromatic carboxylic acids is 1. The molecule has 1 aromatic carbocycles. The van der Waals surface area contributed by atoms with Gasteiger partial charge in [0.05, 0.1) is 5.56 Å². The number of rotatable bonds is 2. The van der Waals surface area contributed by atoms with Crippen LogP contribution in [0.15, 0.2) is 12.1 Å². The molecule has 0 aliphatic carbocycles. The summed E-state index contributed by atoms with van der Waals surface area (Å²) in [5.41, 5.74) is -0.0526. The molecule has 0 saturated carbocycles. The molecule has 14 heavy (non-hydrogen) atoms. The number of carboxylic acids is 1. The minimum Gasteiger partial charge on any atom is -0.478 e. The van der Waals surface area contributed by atoms with Crippen LogP contribution >= 0.6 is 0 Å². The van der Waals surface area contributed by atoms with Crippen LogP contribution < -0.4 is 0 Å². The summed E-state index contributed by atoms with van der Waals surface area (Å²) in [6, 6.07) is 2.23. The van der Waals surface area contributed by atoms with E-state index in [9.17, 15) is 14.0 Å². The Hall–Kier alpha value is -1.71. The van der Waals surface area contributed by atoms with Crippen LogP contribution in [0.2, 0.25) is 0 Å². The summed E-state index contributed by atoms with van der Waals surface area (Å²) in [7, 11) is 0. The molecule has 0 fully saturated rings. The predicted molar refractivity (Wildman–Crippen MR) is 48.1 cm³/mol. The number of Topliss-reactive ketones (excluding diaryl/α,β-unsaturated/α-hetero) is 1. The van der Waals surface area contributed by atoms with Crippen LogP contribution in [0, 0.1) is 12.7 Å². The Morgan fingerprint density at radius 3 is 2.36 bits per heavy atom. The first kappa shape index (κ1) is 10.4. The molecule has 1 aromatic rings.